The molecule has 1 aliphatic rings. The van der Waals surface area contributed by atoms with Crippen molar-refractivity contribution in [2.24, 2.45) is 0 Å². The number of rotatable bonds is 2. The van der Waals surface area contributed by atoms with Gasteiger partial charge in [-0.15, -0.1) is 0 Å². The minimum atomic E-state index is -0.212. The van der Waals surface area contributed by atoms with E-state index in [2.05, 4.69) is 0 Å². The van der Waals surface area contributed by atoms with Crippen molar-refractivity contribution in [2.75, 3.05) is 5.23 Å². The number of aryl methyl sites for hydroxylation is 1. The number of hydrogen-bond acceptors (Lipinski definition) is 4. The quantitative estimate of drug-likeness (QED) is 0.544. The number of ketones is 1. The summed E-state index contributed by atoms with van der Waals surface area (Å²) in [7, 11) is 0. The average molecular weight is 330 g/mol. The van der Waals surface area contributed by atoms with Crippen LogP contribution in [0.2, 0.25) is 0 Å². The van der Waals surface area contributed by atoms with E-state index >= 15 is 0 Å². The van der Waals surface area contributed by atoms with Crippen LogP contribution < -0.4 is 5.23 Å². The summed E-state index contributed by atoms with van der Waals surface area (Å²) in [4.78, 5) is 12.9. The molecule has 0 spiro atoms. The number of carbonyl (C=O) groups is 1. The van der Waals surface area contributed by atoms with Crippen LogP contribution >= 0.6 is 0 Å². The van der Waals surface area contributed by atoms with Crippen LogP contribution in [0.5, 0.6) is 0 Å². The Morgan fingerprint density at radius 2 is 1.80 bits per heavy atom. The van der Waals surface area contributed by atoms with Crippen molar-refractivity contribution < 1.29 is 10.0 Å². The van der Waals surface area contributed by atoms with Crippen LogP contribution in [0.4, 0.5) is 5.69 Å². The zero-order valence-corrected chi connectivity index (χ0v) is 13.5. The largest absolute Gasteiger partial charge is 0.733 e. The molecular formula is C21H16NO3-. The average Bonchev–Trinajstić information content (AvgIpc) is 2.64. The van der Waals surface area contributed by atoms with Gasteiger partial charge >= 0.3 is 0 Å². The van der Waals surface area contributed by atoms with Gasteiger partial charge in [0.1, 0.15) is 0 Å². The van der Waals surface area contributed by atoms with E-state index < -0.39 is 0 Å². The highest BCUT2D eigenvalue weighted by Crippen LogP contribution is 2.30. The van der Waals surface area contributed by atoms with Gasteiger partial charge in [0.25, 0.3) is 0 Å². The molecule has 4 heteroatoms. The Morgan fingerprint density at radius 3 is 2.64 bits per heavy atom. The van der Waals surface area contributed by atoms with Crippen molar-refractivity contribution in [3.63, 3.8) is 0 Å². The van der Waals surface area contributed by atoms with Gasteiger partial charge in [0, 0.05) is 11.1 Å². The molecule has 3 aromatic rings. The first kappa shape index (κ1) is 15.6. The van der Waals surface area contributed by atoms with E-state index in [0.29, 0.717) is 12.0 Å². The third kappa shape index (κ3) is 2.82. The summed E-state index contributed by atoms with van der Waals surface area (Å²) in [6.45, 7) is 0. The van der Waals surface area contributed by atoms with Crippen molar-refractivity contribution in [2.45, 2.75) is 12.8 Å². The Morgan fingerprint density at radius 1 is 1.00 bits per heavy atom. The minimum absolute atomic E-state index is 0.0681. The smallest absolute Gasteiger partial charge is 0.189 e. The van der Waals surface area contributed by atoms with Crippen LogP contribution in [0.25, 0.3) is 16.8 Å². The van der Waals surface area contributed by atoms with Gasteiger partial charge in [0.05, 0.1) is 5.69 Å². The lowest BCUT2D eigenvalue weighted by Crippen LogP contribution is -2.16. The highest BCUT2D eigenvalue weighted by atomic mass is 16.8. The fourth-order valence-corrected chi connectivity index (χ4v) is 3.37. The van der Waals surface area contributed by atoms with Gasteiger partial charge in [-0.3, -0.25) is 10.0 Å². The molecule has 25 heavy (non-hydrogen) atoms. The second-order valence-electron chi connectivity index (χ2n) is 6.18. The maximum absolute atomic E-state index is 12.9. The fraction of sp³-hybridized carbons (Fsp3) is 0.0952. The first-order valence-corrected chi connectivity index (χ1v) is 8.15. The summed E-state index contributed by atoms with van der Waals surface area (Å²) in [5.41, 5.74) is 3.19. The lowest BCUT2D eigenvalue weighted by Gasteiger charge is -2.24. The molecule has 4 rings (SSSR count). The van der Waals surface area contributed by atoms with Gasteiger partial charge < -0.3 is 10.4 Å². The molecule has 0 aromatic heterocycles. The SMILES string of the molecule is O=C1/C(=C\c2cccc3ccccc23)CCc2ccc(N([O-])O)cc21. The van der Waals surface area contributed by atoms with Crippen molar-refractivity contribution in [1.82, 2.24) is 0 Å². The zero-order chi connectivity index (χ0) is 17.4. The molecule has 0 unspecified atom stereocenters. The van der Waals surface area contributed by atoms with Crippen LogP contribution in [-0.4, -0.2) is 11.0 Å². The molecule has 124 valence electrons. The van der Waals surface area contributed by atoms with Crippen molar-refractivity contribution in [3.05, 3.63) is 88.1 Å². The first-order chi connectivity index (χ1) is 12.1. The second kappa shape index (κ2) is 6.16. The monoisotopic (exact) mass is 330 g/mol. The molecule has 1 N–H and O–H groups in total. The number of hydrogen-bond donors (Lipinski definition) is 1. The standard InChI is InChI=1S/C21H16NO3/c23-21-17(9-8-15-10-11-18(22(24)25)13-20(15)21)12-16-6-3-5-14-4-1-2-7-19(14)16/h1-7,10-13,24H,8-9H2/q-1/b17-12-. The Balaban J connectivity index is 1.78. The summed E-state index contributed by atoms with van der Waals surface area (Å²) >= 11 is 0. The van der Waals surface area contributed by atoms with Crippen molar-refractivity contribution in [3.8, 4) is 0 Å². The third-order valence-corrected chi connectivity index (χ3v) is 4.67. The molecule has 0 saturated heterocycles. The molecular weight excluding hydrogens is 314 g/mol. The number of allylic oxidation sites excluding steroid dienone is 1. The molecule has 0 saturated carbocycles. The molecule has 0 heterocycles. The van der Waals surface area contributed by atoms with Gasteiger partial charge in [-0.2, -0.15) is 0 Å². The van der Waals surface area contributed by atoms with Gasteiger partial charge in [-0.25, -0.2) is 0 Å². The topological polar surface area (TPSA) is 63.6 Å². The summed E-state index contributed by atoms with van der Waals surface area (Å²) in [5, 5.41) is 22.2. The van der Waals surface area contributed by atoms with Gasteiger partial charge in [-0.1, -0.05) is 48.5 Å². The summed E-state index contributed by atoms with van der Waals surface area (Å²) in [5.74, 6) is -0.0853. The number of fused-ring (bicyclic) bond motifs is 2. The molecule has 0 aliphatic heterocycles. The Kier molecular flexibility index (Phi) is 3.84. The van der Waals surface area contributed by atoms with Crippen LogP contribution in [-0.2, 0) is 6.42 Å². The molecule has 0 atom stereocenters. The molecule has 0 amide bonds. The molecule has 0 fully saturated rings. The van der Waals surface area contributed by atoms with Crippen LogP contribution in [0, 0.1) is 5.21 Å². The second-order valence-corrected chi connectivity index (χ2v) is 6.18. The zero-order valence-electron chi connectivity index (χ0n) is 13.5. The highest BCUT2D eigenvalue weighted by molar-refractivity contribution is 6.14. The van der Waals surface area contributed by atoms with E-state index in [-0.39, 0.29) is 16.7 Å². The Labute approximate surface area is 145 Å². The van der Waals surface area contributed by atoms with Crippen molar-refractivity contribution >= 4 is 28.3 Å². The van der Waals surface area contributed by atoms with E-state index in [0.717, 1.165) is 33.9 Å². The summed E-state index contributed by atoms with van der Waals surface area (Å²) in [6, 6.07) is 18.8. The number of benzene rings is 3. The molecule has 0 radical (unpaired) electrons. The molecule has 3 aromatic carbocycles. The summed E-state index contributed by atoms with van der Waals surface area (Å²) in [6.07, 6.45) is 3.34. The number of carbonyl (C=O) groups excluding carboxylic acids is 1. The number of nitrogens with zero attached hydrogens (tertiary/aromatic N) is 1. The molecule has 0 bridgehead atoms. The third-order valence-electron chi connectivity index (χ3n) is 4.67. The summed E-state index contributed by atoms with van der Waals surface area (Å²) < 4.78 is 0. The first-order valence-electron chi connectivity index (χ1n) is 8.15. The molecule has 1 aliphatic carbocycles. The van der Waals surface area contributed by atoms with E-state index in [1.54, 1.807) is 6.07 Å². The predicted octanol–water partition coefficient (Wildman–Crippen LogP) is 4.75. The van der Waals surface area contributed by atoms with E-state index in [4.69, 9.17) is 5.21 Å². The highest BCUT2D eigenvalue weighted by Gasteiger charge is 2.22. The lowest BCUT2D eigenvalue weighted by atomic mass is 9.85. The normalized spacial score (nSPS) is 15.4. The van der Waals surface area contributed by atoms with Gasteiger partial charge in [0.2, 0.25) is 0 Å². The predicted molar refractivity (Wildman–Crippen MR) is 98.7 cm³/mol. The van der Waals surface area contributed by atoms with Crippen molar-refractivity contribution in [1.29, 1.82) is 0 Å². The van der Waals surface area contributed by atoms with E-state index in [9.17, 15) is 10.0 Å². The fourth-order valence-electron chi connectivity index (χ4n) is 3.37. The van der Waals surface area contributed by atoms with Crippen LogP contribution in [0.1, 0.15) is 27.9 Å². The maximum Gasteiger partial charge on any atom is 0.189 e. The maximum atomic E-state index is 12.9. The van der Waals surface area contributed by atoms with Gasteiger partial charge in [0.15, 0.2) is 5.78 Å². The number of anilines is 1. The van der Waals surface area contributed by atoms with E-state index in [1.807, 2.05) is 48.5 Å². The minimum Gasteiger partial charge on any atom is -0.733 e. The lowest BCUT2D eigenvalue weighted by molar-refractivity contribution is 0.102. The Hall–Kier alpha value is -2.95. The number of Topliss-reactive ketones (excluding diaryl/α,β-unsaturated/α-hetero) is 1. The van der Waals surface area contributed by atoms with Crippen LogP contribution in [0.3, 0.4) is 0 Å². The van der Waals surface area contributed by atoms with Gasteiger partial charge in [-0.05, 0) is 52.9 Å². The molecule has 4 nitrogen and oxygen atoms in total. The van der Waals surface area contributed by atoms with Crippen LogP contribution in [0.15, 0.2) is 66.2 Å². The Bertz CT molecular complexity index is 1000. The van der Waals surface area contributed by atoms with E-state index in [1.165, 1.54) is 12.1 Å².